The Balaban J connectivity index is 1.56. The van der Waals surface area contributed by atoms with Crippen molar-refractivity contribution < 1.29 is 4.79 Å². The van der Waals surface area contributed by atoms with Crippen molar-refractivity contribution in [2.75, 3.05) is 11.1 Å². The Morgan fingerprint density at radius 1 is 1.32 bits per heavy atom. The monoisotopic (exact) mass is 442 g/mol. The molecule has 0 saturated carbocycles. The Morgan fingerprint density at radius 2 is 2.18 bits per heavy atom. The third kappa shape index (κ3) is 3.87. The number of thiophene rings is 1. The molecule has 0 saturated heterocycles. The quantitative estimate of drug-likeness (QED) is 0.465. The summed E-state index contributed by atoms with van der Waals surface area (Å²) in [5.41, 5.74) is 0.822. The van der Waals surface area contributed by atoms with Crippen molar-refractivity contribution >= 4 is 57.3 Å². The predicted molar refractivity (Wildman–Crippen MR) is 98.2 cm³/mol. The van der Waals surface area contributed by atoms with Crippen LogP contribution in [0.5, 0.6) is 0 Å². The highest BCUT2D eigenvalue weighted by Gasteiger charge is 2.10. The summed E-state index contributed by atoms with van der Waals surface area (Å²) in [6.45, 7) is 0. The van der Waals surface area contributed by atoms with Crippen molar-refractivity contribution in [3.05, 3.63) is 45.3 Å². The number of aromatic amines is 1. The molecule has 1 aromatic carbocycles. The molecule has 0 radical (unpaired) electrons. The van der Waals surface area contributed by atoms with E-state index in [0.717, 1.165) is 20.0 Å². The number of anilines is 1. The van der Waals surface area contributed by atoms with E-state index in [2.05, 4.69) is 43.1 Å². The van der Waals surface area contributed by atoms with E-state index in [1.165, 1.54) is 11.8 Å². The van der Waals surface area contributed by atoms with E-state index in [0.29, 0.717) is 5.16 Å². The molecule has 5 nitrogen and oxygen atoms in total. The average Bonchev–Trinajstić information content (AvgIpc) is 3.18. The second-order valence-corrected chi connectivity index (χ2v) is 7.31. The minimum absolute atomic E-state index is 0.0726. The molecule has 2 aromatic heterocycles. The number of halogens is 1. The number of nitrogens with zero attached hydrogens (tertiary/aromatic N) is 2. The Bertz CT molecular complexity index is 773. The first-order valence-corrected chi connectivity index (χ1v) is 9.30. The molecule has 0 atom stereocenters. The molecule has 3 aromatic rings. The van der Waals surface area contributed by atoms with Crippen LogP contribution in [0.2, 0.25) is 0 Å². The van der Waals surface area contributed by atoms with Crippen LogP contribution in [0, 0.1) is 3.57 Å². The highest BCUT2D eigenvalue weighted by Crippen LogP contribution is 2.23. The Labute approximate surface area is 149 Å². The lowest BCUT2D eigenvalue weighted by Crippen LogP contribution is -2.14. The Hall–Kier alpha value is -1.39. The van der Waals surface area contributed by atoms with Crippen molar-refractivity contribution in [2.24, 2.45) is 0 Å². The molecule has 0 aliphatic carbocycles. The first kappa shape index (κ1) is 15.5. The molecule has 2 N–H and O–H groups in total. The maximum absolute atomic E-state index is 12.0. The minimum Gasteiger partial charge on any atom is -0.324 e. The van der Waals surface area contributed by atoms with Gasteiger partial charge in [-0.25, -0.2) is 4.98 Å². The Morgan fingerprint density at radius 3 is 2.95 bits per heavy atom. The largest absolute Gasteiger partial charge is 0.324 e. The summed E-state index contributed by atoms with van der Waals surface area (Å²) in [7, 11) is 0. The molecule has 0 fully saturated rings. The number of hydrogen-bond acceptors (Lipinski definition) is 5. The van der Waals surface area contributed by atoms with Gasteiger partial charge in [-0.2, -0.15) is 0 Å². The number of amides is 1. The minimum atomic E-state index is -0.0726. The van der Waals surface area contributed by atoms with Gasteiger partial charge in [-0.05, 0) is 46.2 Å². The van der Waals surface area contributed by atoms with Crippen molar-refractivity contribution in [1.82, 2.24) is 15.2 Å². The fourth-order valence-electron chi connectivity index (χ4n) is 1.71. The molecule has 22 heavy (non-hydrogen) atoms. The number of hydrogen-bond donors (Lipinski definition) is 2. The van der Waals surface area contributed by atoms with Crippen molar-refractivity contribution in [3.63, 3.8) is 0 Å². The molecule has 112 valence electrons. The molecule has 0 bridgehead atoms. The van der Waals surface area contributed by atoms with Gasteiger partial charge in [0.05, 0.1) is 16.3 Å². The third-order valence-corrected chi connectivity index (χ3v) is 5.36. The normalized spacial score (nSPS) is 10.6. The molecule has 3 rings (SSSR count). The number of nitrogens with one attached hydrogen (secondary N) is 2. The summed E-state index contributed by atoms with van der Waals surface area (Å²) >= 11 is 5.10. The number of carbonyl (C=O) groups is 1. The zero-order chi connectivity index (χ0) is 15.4. The van der Waals surface area contributed by atoms with Gasteiger partial charge in [0, 0.05) is 3.57 Å². The van der Waals surface area contributed by atoms with Crippen LogP contribution in [0.25, 0.3) is 10.7 Å². The van der Waals surface area contributed by atoms with Gasteiger partial charge in [-0.1, -0.05) is 30.0 Å². The summed E-state index contributed by atoms with van der Waals surface area (Å²) in [4.78, 5) is 17.4. The lowest BCUT2D eigenvalue weighted by molar-refractivity contribution is -0.113. The maximum Gasteiger partial charge on any atom is 0.234 e. The van der Waals surface area contributed by atoms with Crippen LogP contribution >= 0.6 is 45.7 Å². The first-order valence-electron chi connectivity index (χ1n) is 6.36. The number of H-pyrrole nitrogens is 1. The molecule has 0 unspecified atom stereocenters. The van der Waals surface area contributed by atoms with Crippen LogP contribution < -0.4 is 5.32 Å². The zero-order valence-corrected chi connectivity index (χ0v) is 15.0. The van der Waals surface area contributed by atoms with Gasteiger partial charge < -0.3 is 5.32 Å². The van der Waals surface area contributed by atoms with Crippen molar-refractivity contribution in [2.45, 2.75) is 5.16 Å². The molecule has 0 aliphatic rings. The summed E-state index contributed by atoms with van der Waals surface area (Å²) in [6, 6.07) is 11.6. The van der Waals surface area contributed by atoms with Crippen LogP contribution in [0.3, 0.4) is 0 Å². The average molecular weight is 442 g/mol. The fourth-order valence-corrected chi connectivity index (χ4v) is 3.50. The zero-order valence-electron chi connectivity index (χ0n) is 11.2. The number of para-hydroxylation sites is 1. The highest BCUT2D eigenvalue weighted by atomic mass is 127. The Kier molecular flexibility index (Phi) is 5.11. The number of rotatable bonds is 5. The predicted octanol–water partition coefficient (Wildman–Crippen LogP) is 3.87. The lowest BCUT2D eigenvalue weighted by Gasteiger charge is -2.05. The van der Waals surface area contributed by atoms with E-state index >= 15 is 0 Å². The van der Waals surface area contributed by atoms with Gasteiger partial charge in [0.1, 0.15) is 0 Å². The topological polar surface area (TPSA) is 70.7 Å². The molecule has 0 aliphatic heterocycles. The van der Waals surface area contributed by atoms with Crippen LogP contribution in [0.4, 0.5) is 5.69 Å². The molecule has 2 heterocycles. The highest BCUT2D eigenvalue weighted by molar-refractivity contribution is 14.1. The van der Waals surface area contributed by atoms with Gasteiger partial charge >= 0.3 is 0 Å². The number of benzene rings is 1. The van der Waals surface area contributed by atoms with Crippen LogP contribution in [0.15, 0.2) is 46.9 Å². The van der Waals surface area contributed by atoms with Gasteiger partial charge in [0.15, 0.2) is 5.82 Å². The first-order chi connectivity index (χ1) is 10.7. The maximum atomic E-state index is 12.0. The second-order valence-electron chi connectivity index (χ2n) is 4.26. The van der Waals surface area contributed by atoms with E-state index in [9.17, 15) is 4.79 Å². The van der Waals surface area contributed by atoms with E-state index in [1.54, 1.807) is 11.3 Å². The van der Waals surface area contributed by atoms with E-state index in [-0.39, 0.29) is 11.7 Å². The fraction of sp³-hybridized carbons (Fsp3) is 0.0714. The molecule has 1 amide bonds. The smallest absolute Gasteiger partial charge is 0.234 e. The molecular formula is C14H11IN4OS2. The summed E-state index contributed by atoms with van der Waals surface area (Å²) in [5.74, 6) is 0.930. The summed E-state index contributed by atoms with van der Waals surface area (Å²) in [6.07, 6.45) is 0. The van der Waals surface area contributed by atoms with Crippen molar-refractivity contribution in [3.8, 4) is 10.7 Å². The van der Waals surface area contributed by atoms with Crippen molar-refractivity contribution in [1.29, 1.82) is 0 Å². The standard InChI is InChI=1S/C14H11IN4OS2/c15-9-4-1-2-5-10(9)16-12(20)8-22-14-17-13(18-19-14)11-6-3-7-21-11/h1-7H,8H2,(H,16,20)(H,17,18,19). The molecule has 8 heteroatoms. The van der Waals surface area contributed by atoms with Crippen LogP contribution in [0.1, 0.15) is 0 Å². The SMILES string of the molecule is O=C(CSc1n[nH]c(-c2cccs2)n1)Nc1ccccc1I. The lowest BCUT2D eigenvalue weighted by atomic mass is 10.3. The summed E-state index contributed by atoms with van der Waals surface area (Å²) < 4.78 is 1.01. The van der Waals surface area contributed by atoms with Gasteiger partial charge in [-0.3, -0.25) is 9.89 Å². The summed E-state index contributed by atoms with van der Waals surface area (Å²) in [5, 5.41) is 12.4. The molecule has 0 spiro atoms. The van der Waals surface area contributed by atoms with E-state index in [4.69, 9.17) is 0 Å². The van der Waals surface area contributed by atoms with Crippen LogP contribution in [-0.4, -0.2) is 26.8 Å². The van der Waals surface area contributed by atoms with E-state index in [1.807, 2.05) is 41.8 Å². The second kappa shape index (κ2) is 7.25. The van der Waals surface area contributed by atoms with Gasteiger partial charge in [0.25, 0.3) is 0 Å². The van der Waals surface area contributed by atoms with Gasteiger partial charge in [0.2, 0.25) is 11.1 Å². The molecular weight excluding hydrogens is 431 g/mol. The third-order valence-electron chi connectivity index (χ3n) is 2.70. The number of aromatic nitrogens is 3. The number of thioether (sulfide) groups is 1. The van der Waals surface area contributed by atoms with E-state index < -0.39 is 0 Å². The number of carbonyl (C=O) groups excluding carboxylic acids is 1. The van der Waals surface area contributed by atoms with Gasteiger partial charge in [-0.15, -0.1) is 16.4 Å². The van der Waals surface area contributed by atoms with Crippen LogP contribution in [-0.2, 0) is 4.79 Å².